The van der Waals surface area contributed by atoms with Gasteiger partial charge in [0, 0.05) is 13.1 Å². The zero-order chi connectivity index (χ0) is 17.0. The van der Waals surface area contributed by atoms with Gasteiger partial charge in [-0.2, -0.15) is 0 Å². The number of halogens is 1. The number of amides is 2. The van der Waals surface area contributed by atoms with Crippen LogP contribution in [0.5, 0.6) is 0 Å². The third-order valence-electron chi connectivity index (χ3n) is 3.47. The molecule has 4 nitrogen and oxygen atoms in total. The Balaban J connectivity index is 2.28. The summed E-state index contributed by atoms with van der Waals surface area (Å²) in [5.41, 5.74) is 0.842. The highest BCUT2D eigenvalue weighted by atomic mass is 32.1. The molecule has 6 heteroatoms. The summed E-state index contributed by atoms with van der Waals surface area (Å²) in [6.45, 7) is 4.42. The van der Waals surface area contributed by atoms with Gasteiger partial charge in [0.2, 0.25) is 0 Å². The highest BCUT2D eigenvalue weighted by Gasteiger charge is 2.37. The molecule has 23 heavy (non-hydrogen) atoms. The van der Waals surface area contributed by atoms with Crippen molar-refractivity contribution in [2.75, 3.05) is 13.1 Å². The predicted octanol–water partition coefficient (Wildman–Crippen LogP) is 2.76. The van der Waals surface area contributed by atoms with Crippen molar-refractivity contribution in [2.45, 2.75) is 13.8 Å². The number of allylic oxidation sites excluding steroid dienone is 2. The maximum absolute atomic E-state index is 12.9. The van der Waals surface area contributed by atoms with Crippen molar-refractivity contribution in [1.82, 2.24) is 9.80 Å². The zero-order valence-corrected chi connectivity index (χ0v) is 13.8. The molecule has 1 aliphatic rings. The van der Waals surface area contributed by atoms with E-state index >= 15 is 0 Å². The molecule has 0 aromatic heterocycles. The lowest BCUT2D eigenvalue weighted by Gasteiger charge is -2.35. The highest BCUT2D eigenvalue weighted by molar-refractivity contribution is 7.80. The van der Waals surface area contributed by atoms with Gasteiger partial charge in [-0.15, -0.1) is 0 Å². The summed E-state index contributed by atoms with van der Waals surface area (Å²) < 4.78 is 12.9. The molecule has 120 valence electrons. The van der Waals surface area contributed by atoms with Crippen LogP contribution < -0.4 is 0 Å². The molecule has 0 spiro atoms. The van der Waals surface area contributed by atoms with Gasteiger partial charge < -0.3 is 0 Å². The fourth-order valence-electron chi connectivity index (χ4n) is 2.23. The topological polar surface area (TPSA) is 40.6 Å². The minimum Gasteiger partial charge on any atom is -0.285 e. The van der Waals surface area contributed by atoms with Gasteiger partial charge in [0.15, 0.2) is 5.11 Å². The molecule has 1 saturated heterocycles. The van der Waals surface area contributed by atoms with Gasteiger partial charge in [-0.05, 0) is 49.8 Å². The summed E-state index contributed by atoms with van der Waals surface area (Å²) in [6, 6.07) is 5.92. The first-order chi connectivity index (χ1) is 11.0. The van der Waals surface area contributed by atoms with Gasteiger partial charge in [-0.25, -0.2) is 4.39 Å². The van der Waals surface area contributed by atoms with Crippen LogP contribution in [-0.2, 0) is 9.59 Å². The summed E-state index contributed by atoms with van der Waals surface area (Å²) in [5.74, 6) is -1.10. The van der Waals surface area contributed by atoms with Crippen molar-refractivity contribution >= 4 is 35.2 Å². The molecule has 2 amide bonds. The molecule has 2 rings (SSSR count). The number of hydrogen-bond acceptors (Lipinski definition) is 3. The Labute approximate surface area is 139 Å². The number of carbonyl (C=O) groups is 2. The predicted molar refractivity (Wildman–Crippen MR) is 90.9 cm³/mol. The number of thiocarbonyl (C=S) groups is 1. The summed E-state index contributed by atoms with van der Waals surface area (Å²) in [4.78, 5) is 27.5. The smallest absolute Gasteiger partial charge is 0.265 e. The Kier molecular flexibility index (Phi) is 5.39. The molecule has 0 radical (unpaired) electrons. The molecule has 0 saturated carbocycles. The van der Waals surface area contributed by atoms with E-state index in [0.29, 0.717) is 13.1 Å². The molecule has 0 bridgehead atoms. The minimum absolute atomic E-state index is 0.0701. The van der Waals surface area contributed by atoms with E-state index in [2.05, 4.69) is 0 Å². The number of likely N-dealkylation sites (N-methyl/N-ethyl adjacent to an activating group) is 2. The van der Waals surface area contributed by atoms with Crippen LogP contribution in [0.2, 0.25) is 0 Å². The van der Waals surface area contributed by atoms with Gasteiger partial charge in [-0.1, -0.05) is 24.3 Å². The van der Waals surface area contributed by atoms with E-state index in [4.69, 9.17) is 12.2 Å². The second-order valence-corrected chi connectivity index (χ2v) is 5.24. The third kappa shape index (κ3) is 3.53. The molecular weight excluding hydrogens is 315 g/mol. The lowest BCUT2D eigenvalue weighted by atomic mass is 10.1. The second-order valence-electron chi connectivity index (χ2n) is 4.87. The molecule has 1 aliphatic heterocycles. The molecule has 1 fully saturated rings. The Morgan fingerprint density at radius 1 is 1.04 bits per heavy atom. The summed E-state index contributed by atoms with van der Waals surface area (Å²) in [6.07, 6.45) is 4.78. The lowest BCUT2D eigenvalue weighted by Crippen LogP contribution is -2.55. The normalized spacial score (nSPS) is 15.8. The Bertz CT molecular complexity index is 667. The average Bonchev–Trinajstić information content (AvgIpc) is 2.53. The van der Waals surface area contributed by atoms with Crippen molar-refractivity contribution in [1.29, 1.82) is 0 Å². The molecule has 0 atom stereocenters. The van der Waals surface area contributed by atoms with Gasteiger partial charge in [0.25, 0.3) is 11.8 Å². The molecule has 0 aliphatic carbocycles. The van der Waals surface area contributed by atoms with Crippen LogP contribution in [0.25, 0.3) is 6.08 Å². The van der Waals surface area contributed by atoms with Crippen LogP contribution in [0.15, 0.2) is 42.0 Å². The fraction of sp³-hybridized carbons (Fsp3) is 0.235. The molecule has 0 N–H and O–H groups in total. The average molecular weight is 332 g/mol. The first kappa shape index (κ1) is 17.0. The molecule has 0 unspecified atom stereocenters. The highest BCUT2D eigenvalue weighted by Crippen LogP contribution is 2.17. The number of rotatable bonds is 4. The summed E-state index contributed by atoms with van der Waals surface area (Å²) in [7, 11) is 0. The van der Waals surface area contributed by atoms with E-state index in [-0.39, 0.29) is 16.5 Å². The van der Waals surface area contributed by atoms with Crippen LogP contribution in [0.1, 0.15) is 19.4 Å². The quantitative estimate of drug-likeness (QED) is 0.484. The molecule has 1 aromatic rings. The maximum atomic E-state index is 12.9. The number of nitrogens with zero attached hydrogens (tertiary/aromatic N) is 2. The van der Waals surface area contributed by atoms with Crippen LogP contribution in [-0.4, -0.2) is 39.8 Å². The van der Waals surface area contributed by atoms with Crippen molar-refractivity contribution in [3.8, 4) is 0 Å². The van der Waals surface area contributed by atoms with Crippen molar-refractivity contribution in [2.24, 2.45) is 0 Å². The Morgan fingerprint density at radius 3 is 2.04 bits per heavy atom. The Morgan fingerprint density at radius 2 is 1.57 bits per heavy atom. The van der Waals surface area contributed by atoms with Crippen molar-refractivity contribution in [3.63, 3.8) is 0 Å². The van der Waals surface area contributed by atoms with E-state index in [0.717, 1.165) is 5.56 Å². The molecule has 1 heterocycles. The van der Waals surface area contributed by atoms with E-state index in [9.17, 15) is 14.0 Å². The Hall–Kier alpha value is -2.34. The van der Waals surface area contributed by atoms with Crippen molar-refractivity contribution in [3.05, 3.63) is 53.4 Å². The summed E-state index contributed by atoms with van der Waals surface area (Å²) >= 11 is 5.18. The van der Waals surface area contributed by atoms with Gasteiger partial charge in [0.1, 0.15) is 11.4 Å². The SMILES string of the molecule is CCN1C(=O)C(=C/C=C/c2ccc(F)cc2)C(=O)N(CC)C1=S. The van der Waals surface area contributed by atoms with Gasteiger partial charge >= 0.3 is 0 Å². The fourth-order valence-corrected chi connectivity index (χ4v) is 2.66. The number of benzene rings is 1. The number of carbonyl (C=O) groups excluding carboxylic acids is 2. The van der Waals surface area contributed by atoms with E-state index < -0.39 is 11.8 Å². The van der Waals surface area contributed by atoms with Gasteiger partial charge in [0.05, 0.1) is 0 Å². The minimum atomic E-state index is -0.393. The van der Waals surface area contributed by atoms with E-state index in [1.807, 2.05) is 0 Å². The number of hydrogen-bond donors (Lipinski definition) is 0. The van der Waals surface area contributed by atoms with E-state index in [1.165, 1.54) is 28.0 Å². The zero-order valence-electron chi connectivity index (χ0n) is 13.0. The molecule has 1 aromatic carbocycles. The standard InChI is InChI=1S/C17H17FN2O2S/c1-3-19-15(21)14(16(22)20(4-2)17(19)23)7-5-6-12-8-10-13(18)11-9-12/h5-11H,3-4H2,1-2H3/b6-5+. The van der Waals surface area contributed by atoms with Crippen LogP contribution in [0.3, 0.4) is 0 Å². The van der Waals surface area contributed by atoms with Crippen LogP contribution >= 0.6 is 12.2 Å². The molecular formula is C17H17FN2O2S. The summed E-state index contributed by atoms with van der Waals surface area (Å²) in [5, 5.41) is 0.240. The second kappa shape index (κ2) is 7.28. The monoisotopic (exact) mass is 332 g/mol. The lowest BCUT2D eigenvalue weighted by molar-refractivity contribution is -0.133. The maximum Gasteiger partial charge on any atom is 0.265 e. The van der Waals surface area contributed by atoms with E-state index in [1.54, 1.807) is 38.1 Å². The first-order valence-corrected chi connectivity index (χ1v) is 7.72. The van der Waals surface area contributed by atoms with Crippen LogP contribution in [0.4, 0.5) is 4.39 Å². The van der Waals surface area contributed by atoms with Crippen LogP contribution in [0, 0.1) is 5.82 Å². The van der Waals surface area contributed by atoms with Crippen molar-refractivity contribution < 1.29 is 14.0 Å². The third-order valence-corrected chi connectivity index (χ3v) is 3.91. The first-order valence-electron chi connectivity index (χ1n) is 7.31. The largest absolute Gasteiger partial charge is 0.285 e. The van der Waals surface area contributed by atoms with Gasteiger partial charge in [-0.3, -0.25) is 19.4 Å².